The van der Waals surface area contributed by atoms with Gasteiger partial charge in [0.1, 0.15) is 17.6 Å². The van der Waals surface area contributed by atoms with E-state index in [0.717, 1.165) is 0 Å². The lowest BCUT2D eigenvalue weighted by Gasteiger charge is -2.00. The molecule has 0 aliphatic carbocycles. The van der Waals surface area contributed by atoms with Gasteiger partial charge in [-0.05, 0) is 24.0 Å². The van der Waals surface area contributed by atoms with Crippen LogP contribution in [0.1, 0.15) is 27.6 Å². The van der Waals surface area contributed by atoms with Crippen LogP contribution in [0.2, 0.25) is 0 Å². The van der Waals surface area contributed by atoms with Crippen LogP contribution in [0, 0.1) is 19.1 Å². The first-order valence-corrected chi connectivity index (χ1v) is 6.41. The molecule has 1 N–H and O–H groups in total. The van der Waals surface area contributed by atoms with Crippen LogP contribution in [0.4, 0.5) is 0 Å². The van der Waals surface area contributed by atoms with E-state index in [1.807, 2.05) is 6.07 Å². The van der Waals surface area contributed by atoms with Crippen molar-refractivity contribution in [3.05, 3.63) is 52.4 Å². The fourth-order valence-corrected chi connectivity index (χ4v) is 2.01. The number of carbonyl (C=O) groups is 1. The lowest BCUT2D eigenvalue weighted by molar-refractivity contribution is -0.806. The van der Waals surface area contributed by atoms with Gasteiger partial charge in [0, 0.05) is 18.3 Å². The van der Waals surface area contributed by atoms with Crippen molar-refractivity contribution in [1.82, 2.24) is 20.0 Å². The average molecular weight is 300 g/mol. The number of aryl methyl sites for hydroxylation is 1. The van der Waals surface area contributed by atoms with Crippen LogP contribution >= 0.6 is 0 Å². The minimum atomic E-state index is -0.413. The van der Waals surface area contributed by atoms with E-state index in [-0.39, 0.29) is 16.3 Å². The van der Waals surface area contributed by atoms with Crippen LogP contribution in [-0.2, 0) is 0 Å². The standard InChI is InChI=1S/C13H12N6O3/c1-8-12(18-6-4-3-5-11(18)15-8)13(20)16-14-7-10-9(2)19(21)22-17-10/h3-7H,1-2H3,(H,16,20)/b14-7+. The van der Waals surface area contributed by atoms with Crippen molar-refractivity contribution in [2.75, 3.05) is 0 Å². The van der Waals surface area contributed by atoms with Gasteiger partial charge in [-0.25, -0.2) is 10.4 Å². The van der Waals surface area contributed by atoms with Crippen molar-refractivity contribution in [1.29, 1.82) is 0 Å². The smallest absolute Gasteiger partial charge is 0.290 e. The molecule has 0 saturated carbocycles. The highest BCUT2D eigenvalue weighted by molar-refractivity contribution is 5.95. The Balaban J connectivity index is 1.82. The molecule has 0 atom stereocenters. The fourth-order valence-electron chi connectivity index (χ4n) is 2.01. The van der Waals surface area contributed by atoms with Crippen molar-refractivity contribution >= 4 is 17.8 Å². The Hall–Kier alpha value is -3.23. The summed E-state index contributed by atoms with van der Waals surface area (Å²) in [6.07, 6.45) is 2.99. The topological polar surface area (TPSA) is 112 Å². The van der Waals surface area contributed by atoms with E-state index in [1.54, 1.807) is 29.7 Å². The third kappa shape index (κ3) is 2.28. The molecule has 112 valence electrons. The van der Waals surface area contributed by atoms with E-state index in [1.165, 1.54) is 13.1 Å². The summed E-state index contributed by atoms with van der Waals surface area (Å²) in [7, 11) is 0. The number of rotatable bonds is 3. The minimum Gasteiger partial charge on any atom is -0.359 e. The second-order valence-electron chi connectivity index (χ2n) is 4.57. The summed E-state index contributed by atoms with van der Waals surface area (Å²) in [4.78, 5) is 16.8. The van der Waals surface area contributed by atoms with Crippen LogP contribution in [0.3, 0.4) is 0 Å². The molecule has 0 unspecified atom stereocenters. The van der Waals surface area contributed by atoms with Gasteiger partial charge in [-0.15, -0.1) is 0 Å². The molecule has 0 aromatic carbocycles. The second-order valence-corrected chi connectivity index (χ2v) is 4.57. The van der Waals surface area contributed by atoms with E-state index in [0.29, 0.717) is 17.0 Å². The molecule has 22 heavy (non-hydrogen) atoms. The van der Waals surface area contributed by atoms with Gasteiger partial charge in [0.15, 0.2) is 0 Å². The Morgan fingerprint density at radius 3 is 3.05 bits per heavy atom. The average Bonchev–Trinajstić information content (AvgIpc) is 3.00. The number of nitrogens with one attached hydrogen (secondary N) is 1. The second kappa shape index (κ2) is 5.28. The van der Waals surface area contributed by atoms with Crippen molar-refractivity contribution in [3.8, 4) is 0 Å². The summed E-state index contributed by atoms with van der Waals surface area (Å²) in [6, 6.07) is 5.45. The molecular weight excluding hydrogens is 288 g/mol. The number of pyridine rings is 1. The third-order valence-corrected chi connectivity index (χ3v) is 3.13. The summed E-state index contributed by atoms with van der Waals surface area (Å²) in [5.41, 5.74) is 4.53. The number of hydrazone groups is 1. The molecule has 0 bridgehead atoms. The van der Waals surface area contributed by atoms with Crippen LogP contribution < -0.4 is 10.3 Å². The maximum absolute atomic E-state index is 12.2. The molecule has 3 aromatic heterocycles. The Labute approximate surface area is 124 Å². The highest BCUT2D eigenvalue weighted by atomic mass is 16.8. The van der Waals surface area contributed by atoms with Gasteiger partial charge >= 0.3 is 0 Å². The van der Waals surface area contributed by atoms with Crippen LogP contribution in [-0.4, -0.2) is 26.7 Å². The van der Waals surface area contributed by atoms with Crippen LogP contribution in [0.15, 0.2) is 34.1 Å². The zero-order chi connectivity index (χ0) is 15.7. The van der Waals surface area contributed by atoms with E-state index in [4.69, 9.17) is 0 Å². The summed E-state index contributed by atoms with van der Waals surface area (Å²) in [6.45, 7) is 3.27. The highest BCUT2D eigenvalue weighted by Gasteiger charge is 2.16. The molecule has 3 heterocycles. The Morgan fingerprint density at radius 1 is 1.50 bits per heavy atom. The van der Waals surface area contributed by atoms with Crippen molar-refractivity contribution in [2.45, 2.75) is 13.8 Å². The quantitative estimate of drug-likeness (QED) is 0.426. The molecule has 0 fully saturated rings. The molecule has 3 rings (SSSR count). The normalized spacial score (nSPS) is 11.4. The Bertz CT molecular complexity index is 879. The first kappa shape index (κ1) is 13.7. The maximum atomic E-state index is 12.2. The number of aromatic nitrogens is 4. The largest absolute Gasteiger partial charge is 0.359 e. The fraction of sp³-hybridized carbons (Fsp3) is 0.154. The van der Waals surface area contributed by atoms with Gasteiger partial charge in [-0.3, -0.25) is 13.8 Å². The van der Waals surface area contributed by atoms with Crippen LogP contribution in [0.25, 0.3) is 5.65 Å². The zero-order valence-corrected chi connectivity index (χ0v) is 11.8. The first-order valence-electron chi connectivity index (χ1n) is 6.41. The third-order valence-electron chi connectivity index (χ3n) is 3.13. The van der Waals surface area contributed by atoms with E-state index < -0.39 is 5.91 Å². The first-order chi connectivity index (χ1) is 10.6. The molecule has 0 radical (unpaired) electrons. The Morgan fingerprint density at radius 2 is 2.32 bits per heavy atom. The zero-order valence-electron chi connectivity index (χ0n) is 11.8. The number of fused-ring (bicyclic) bond motifs is 1. The highest BCUT2D eigenvalue weighted by Crippen LogP contribution is 2.11. The summed E-state index contributed by atoms with van der Waals surface area (Å²) >= 11 is 0. The summed E-state index contributed by atoms with van der Waals surface area (Å²) in [5, 5.41) is 18.3. The van der Waals surface area contributed by atoms with Gasteiger partial charge in [0.2, 0.25) is 5.69 Å². The van der Waals surface area contributed by atoms with Gasteiger partial charge in [-0.1, -0.05) is 6.07 Å². The summed E-state index contributed by atoms with van der Waals surface area (Å²) < 4.78 is 6.07. The van der Waals surface area contributed by atoms with Crippen molar-refractivity contribution in [2.24, 2.45) is 5.10 Å². The van der Waals surface area contributed by atoms with Gasteiger partial charge < -0.3 is 5.21 Å². The van der Waals surface area contributed by atoms with Gasteiger partial charge in [0.05, 0.1) is 5.69 Å². The molecule has 0 aliphatic heterocycles. The lowest BCUT2D eigenvalue weighted by Crippen LogP contribution is -2.26. The SMILES string of the molecule is Cc1nc2ccccn2c1C(=O)N/N=C/c1no[n+]([O-])c1C. The van der Waals surface area contributed by atoms with E-state index >= 15 is 0 Å². The lowest BCUT2D eigenvalue weighted by atomic mass is 10.3. The molecule has 3 aromatic rings. The molecule has 9 heteroatoms. The summed E-state index contributed by atoms with van der Waals surface area (Å²) in [5.74, 6) is -0.413. The predicted octanol–water partition coefficient (Wildman–Crippen LogP) is 0.336. The number of amides is 1. The predicted molar refractivity (Wildman–Crippen MR) is 75.2 cm³/mol. The maximum Gasteiger partial charge on any atom is 0.290 e. The monoisotopic (exact) mass is 300 g/mol. The van der Waals surface area contributed by atoms with Crippen molar-refractivity contribution < 1.29 is 14.3 Å². The number of hydrogen-bond donors (Lipinski definition) is 1. The number of hydrogen-bond acceptors (Lipinski definition) is 6. The molecule has 0 saturated heterocycles. The number of carbonyl (C=O) groups excluding carboxylic acids is 1. The minimum absolute atomic E-state index is 0.241. The molecule has 0 spiro atoms. The Kier molecular flexibility index (Phi) is 3.30. The van der Waals surface area contributed by atoms with E-state index in [2.05, 4.69) is 25.3 Å². The van der Waals surface area contributed by atoms with E-state index in [9.17, 15) is 10.0 Å². The molecule has 0 aliphatic rings. The molecule has 1 amide bonds. The number of nitrogens with zero attached hydrogens (tertiary/aromatic N) is 5. The van der Waals surface area contributed by atoms with Gasteiger partial charge in [-0.2, -0.15) is 5.10 Å². The number of imidazole rings is 1. The molecular formula is C13H12N6O3. The van der Waals surface area contributed by atoms with Gasteiger partial charge in [0.25, 0.3) is 11.6 Å². The molecule has 9 nitrogen and oxygen atoms in total. The van der Waals surface area contributed by atoms with Crippen molar-refractivity contribution in [3.63, 3.8) is 0 Å². The van der Waals surface area contributed by atoms with Crippen LogP contribution in [0.5, 0.6) is 0 Å².